The predicted molar refractivity (Wildman–Crippen MR) is 104 cm³/mol. The maximum Gasteiger partial charge on any atom is 0.417 e. The van der Waals surface area contributed by atoms with Crippen molar-refractivity contribution < 1.29 is 18.0 Å². The van der Waals surface area contributed by atoms with Crippen LogP contribution in [-0.2, 0) is 12.6 Å². The van der Waals surface area contributed by atoms with E-state index in [0.29, 0.717) is 11.8 Å². The molecule has 1 aromatic heterocycles. The van der Waals surface area contributed by atoms with E-state index in [1.807, 2.05) is 19.1 Å². The summed E-state index contributed by atoms with van der Waals surface area (Å²) in [7, 11) is 0. The molecule has 0 atom stereocenters. The number of anilines is 1. The summed E-state index contributed by atoms with van der Waals surface area (Å²) in [6, 6.07) is 11.4. The number of carbonyl (C=O) groups is 1. The lowest BCUT2D eigenvalue weighted by Crippen LogP contribution is -2.25. The summed E-state index contributed by atoms with van der Waals surface area (Å²) in [5.74, 6) is -0.926. The number of aromatic nitrogens is 2. The first-order chi connectivity index (χ1) is 13.7. The minimum absolute atomic E-state index is 0.157. The Morgan fingerprint density at radius 3 is 2.45 bits per heavy atom. The van der Waals surface area contributed by atoms with Crippen molar-refractivity contribution in [3.8, 4) is 5.69 Å². The molecule has 1 N–H and O–H groups in total. The van der Waals surface area contributed by atoms with E-state index in [0.717, 1.165) is 18.1 Å². The van der Waals surface area contributed by atoms with Gasteiger partial charge in [-0.25, -0.2) is 4.68 Å². The highest BCUT2D eigenvalue weighted by Gasteiger charge is 2.33. The van der Waals surface area contributed by atoms with E-state index in [2.05, 4.69) is 10.4 Å². The van der Waals surface area contributed by atoms with Crippen LogP contribution >= 0.6 is 11.6 Å². The first-order valence-corrected chi connectivity index (χ1v) is 8.94. The Hall–Kier alpha value is -3.13. The van der Waals surface area contributed by atoms with E-state index < -0.39 is 33.8 Å². The van der Waals surface area contributed by atoms with Gasteiger partial charge in [0.05, 0.1) is 16.3 Å². The summed E-state index contributed by atoms with van der Waals surface area (Å²) >= 11 is 5.57. The second-order valence-electron chi connectivity index (χ2n) is 6.14. The standard InChI is InChI=1S/C20H15ClF3N3O2/c1-2-12-3-6-14(7-4-12)27-10-9-17(28)18(26-27)19(29)25-13-5-8-16(21)15(11-13)20(22,23)24/h3-11H,2H2,1H3,(H,25,29). The van der Waals surface area contributed by atoms with Gasteiger partial charge < -0.3 is 5.32 Å². The van der Waals surface area contributed by atoms with Crippen molar-refractivity contribution in [2.75, 3.05) is 5.32 Å². The highest BCUT2D eigenvalue weighted by molar-refractivity contribution is 6.31. The number of hydrogen-bond acceptors (Lipinski definition) is 3. The molecule has 0 aliphatic heterocycles. The van der Waals surface area contributed by atoms with Crippen LogP contribution in [0.4, 0.5) is 18.9 Å². The first-order valence-electron chi connectivity index (χ1n) is 8.56. The summed E-state index contributed by atoms with van der Waals surface area (Å²) < 4.78 is 40.3. The topological polar surface area (TPSA) is 64.0 Å². The fraction of sp³-hybridized carbons (Fsp3) is 0.150. The van der Waals surface area contributed by atoms with Gasteiger partial charge in [0.15, 0.2) is 5.69 Å². The number of hydrogen-bond donors (Lipinski definition) is 1. The van der Waals surface area contributed by atoms with Crippen molar-refractivity contribution in [1.29, 1.82) is 0 Å². The van der Waals surface area contributed by atoms with Crippen molar-refractivity contribution in [3.05, 3.63) is 86.8 Å². The van der Waals surface area contributed by atoms with Crippen LogP contribution in [-0.4, -0.2) is 15.7 Å². The Kier molecular flexibility index (Phi) is 5.74. The highest BCUT2D eigenvalue weighted by atomic mass is 35.5. The number of carbonyl (C=O) groups excluding carboxylic acids is 1. The molecule has 0 aliphatic rings. The minimum atomic E-state index is -4.68. The van der Waals surface area contributed by atoms with Gasteiger partial charge >= 0.3 is 6.18 Å². The van der Waals surface area contributed by atoms with E-state index in [-0.39, 0.29) is 5.69 Å². The molecule has 1 amide bonds. The fourth-order valence-electron chi connectivity index (χ4n) is 2.60. The molecule has 0 aliphatic carbocycles. The molecule has 0 fully saturated rings. The van der Waals surface area contributed by atoms with Crippen molar-refractivity contribution in [1.82, 2.24) is 9.78 Å². The molecule has 5 nitrogen and oxygen atoms in total. The lowest BCUT2D eigenvalue weighted by atomic mass is 10.1. The number of rotatable bonds is 4. The van der Waals surface area contributed by atoms with Crippen LogP contribution in [0.15, 0.2) is 59.5 Å². The van der Waals surface area contributed by atoms with E-state index in [1.165, 1.54) is 23.0 Å². The smallest absolute Gasteiger partial charge is 0.320 e. The highest BCUT2D eigenvalue weighted by Crippen LogP contribution is 2.36. The van der Waals surface area contributed by atoms with Crippen LogP contribution in [0.25, 0.3) is 5.69 Å². The average molecular weight is 422 g/mol. The van der Waals surface area contributed by atoms with Gasteiger partial charge in [0.1, 0.15) is 0 Å². The predicted octanol–water partition coefficient (Wildman–Crippen LogP) is 4.72. The molecular formula is C20H15ClF3N3O2. The van der Waals surface area contributed by atoms with E-state index in [9.17, 15) is 22.8 Å². The maximum atomic E-state index is 13.0. The van der Waals surface area contributed by atoms with Crippen molar-refractivity contribution in [2.24, 2.45) is 0 Å². The fourth-order valence-corrected chi connectivity index (χ4v) is 2.83. The summed E-state index contributed by atoms with van der Waals surface area (Å²) in [4.78, 5) is 24.5. The van der Waals surface area contributed by atoms with Gasteiger partial charge in [0.2, 0.25) is 5.43 Å². The number of alkyl halides is 3. The summed E-state index contributed by atoms with van der Waals surface area (Å²) in [6.45, 7) is 2.01. The molecule has 0 spiro atoms. The Bertz CT molecular complexity index is 1110. The van der Waals surface area contributed by atoms with Gasteiger partial charge in [-0.05, 0) is 42.3 Å². The minimum Gasteiger partial charge on any atom is -0.320 e. The Morgan fingerprint density at radius 2 is 1.83 bits per heavy atom. The molecular weight excluding hydrogens is 407 g/mol. The lowest BCUT2D eigenvalue weighted by molar-refractivity contribution is -0.137. The Balaban J connectivity index is 1.90. The van der Waals surface area contributed by atoms with Crippen LogP contribution in [0.1, 0.15) is 28.5 Å². The third-order valence-corrected chi connectivity index (χ3v) is 4.49. The van der Waals surface area contributed by atoms with E-state index in [1.54, 1.807) is 12.1 Å². The SMILES string of the molecule is CCc1ccc(-n2ccc(=O)c(C(=O)Nc3ccc(Cl)c(C(F)(F)F)c3)n2)cc1. The van der Waals surface area contributed by atoms with Crippen LogP contribution in [0, 0.1) is 0 Å². The second kappa shape index (κ2) is 8.08. The Labute approximate surface area is 168 Å². The molecule has 3 rings (SSSR count). The van der Waals surface area contributed by atoms with Gasteiger partial charge in [0.25, 0.3) is 5.91 Å². The Morgan fingerprint density at radius 1 is 1.14 bits per heavy atom. The zero-order valence-electron chi connectivity index (χ0n) is 15.1. The third kappa shape index (κ3) is 4.65. The van der Waals surface area contributed by atoms with Gasteiger partial charge in [-0.3, -0.25) is 9.59 Å². The van der Waals surface area contributed by atoms with Crippen LogP contribution < -0.4 is 10.7 Å². The summed E-state index contributed by atoms with van der Waals surface area (Å²) in [5, 5.41) is 5.79. The number of nitrogens with one attached hydrogen (secondary N) is 1. The monoisotopic (exact) mass is 421 g/mol. The quantitative estimate of drug-likeness (QED) is 0.663. The van der Waals surface area contributed by atoms with Gasteiger partial charge in [-0.2, -0.15) is 18.3 Å². The number of amides is 1. The normalized spacial score (nSPS) is 11.3. The molecule has 150 valence electrons. The molecule has 0 saturated heterocycles. The molecule has 2 aromatic carbocycles. The van der Waals surface area contributed by atoms with Crippen LogP contribution in [0.3, 0.4) is 0 Å². The molecule has 3 aromatic rings. The second-order valence-corrected chi connectivity index (χ2v) is 6.55. The summed E-state index contributed by atoms with van der Waals surface area (Å²) in [6.07, 6.45) is -2.42. The van der Waals surface area contributed by atoms with Crippen molar-refractivity contribution >= 4 is 23.2 Å². The molecule has 9 heteroatoms. The molecule has 0 radical (unpaired) electrons. The van der Waals surface area contributed by atoms with Crippen LogP contribution in [0.2, 0.25) is 5.02 Å². The third-order valence-electron chi connectivity index (χ3n) is 4.16. The van der Waals surface area contributed by atoms with E-state index in [4.69, 9.17) is 11.6 Å². The van der Waals surface area contributed by atoms with Gasteiger partial charge in [-0.1, -0.05) is 30.7 Å². The number of benzene rings is 2. The van der Waals surface area contributed by atoms with Crippen LogP contribution in [0.5, 0.6) is 0 Å². The lowest BCUT2D eigenvalue weighted by Gasteiger charge is -2.12. The molecule has 0 bridgehead atoms. The number of halogens is 4. The summed E-state index contributed by atoms with van der Waals surface area (Å²) in [5.41, 5.74) is -0.621. The van der Waals surface area contributed by atoms with Gasteiger partial charge in [0, 0.05) is 18.0 Å². The maximum absolute atomic E-state index is 13.0. The van der Waals surface area contributed by atoms with Crippen molar-refractivity contribution in [3.63, 3.8) is 0 Å². The largest absolute Gasteiger partial charge is 0.417 e. The zero-order valence-corrected chi connectivity index (χ0v) is 15.9. The van der Waals surface area contributed by atoms with E-state index >= 15 is 0 Å². The molecule has 0 unspecified atom stereocenters. The average Bonchev–Trinajstić information content (AvgIpc) is 2.69. The molecule has 29 heavy (non-hydrogen) atoms. The number of nitrogens with zero attached hydrogens (tertiary/aromatic N) is 2. The molecule has 0 saturated carbocycles. The van der Waals surface area contributed by atoms with Gasteiger partial charge in [-0.15, -0.1) is 0 Å². The number of aryl methyl sites for hydroxylation is 1. The molecule has 1 heterocycles. The first kappa shape index (κ1) is 20.6. The van der Waals surface area contributed by atoms with Crippen molar-refractivity contribution in [2.45, 2.75) is 19.5 Å². The zero-order chi connectivity index (χ0) is 21.2.